The minimum atomic E-state index is 0.0261. The van der Waals surface area contributed by atoms with Gasteiger partial charge in [0.2, 0.25) is 12.7 Å². The number of ether oxygens (including phenoxy) is 2. The molecule has 1 unspecified atom stereocenters. The first-order chi connectivity index (χ1) is 10.6. The van der Waals surface area contributed by atoms with Crippen LogP contribution in [0.25, 0.3) is 10.9 Å². The number of rotatable bonds is 2. The number of carbonyl (C=O) groups excluding carboxylic acids is 1. The molecule has 0 saturated carbocycles. The fourth-order valence-corrected chi connectivity index (χ4v) is 3.30. The molecule has 22 heavy (non-hydrogen) atoms. The molecule has 5 heteroatoms. The summed E-state index contributed by atoms with van der Waals surface area (Å²) in [5, 5.41) is 4.34. The van der Waals surface area contributed by atoms with Crippen molar-refractivity contribution in [2.75, 3.05) is 6.79 Å². The second-order valence-electron chi connectivity index (χ2n) is 6.44. The van der Waals surface area contributed by atoms with E-state index in [2.05, 4.69) is 16.4 Å². The van der Waals surface area contributed by atoms with E-state index in [1.165, 1.54) is 16.6 Å². The average molecular weight is 300 g/mol. The van der Waals surface area contributed by atoms with Crippen LogP contribution in [0.1, 0.15) is 31.5 Å². The largest absolute Gasteiger partial charge is 0.454 e. The van der Waals surface area contributed by atoms with Crippen LogP contribution in [0.3, 0.4) is 0 Å². The molecule has 116 valence electrons. The van der Waals surface area contributed by atoms with Crippen LogP contribution in [0, 0.1) is 5.92 Å². The standard InChI is InChI=1S/C17H20N2O3/c1-9(2)17(20)18-10-3-4-13-11(5-10)12-6-15-16(22-8-21-15)7-14(12)19-13/h6-7,9-10,19H,3-5,8H2,1-2H3,(H,18,20). The van der Waals surface area contributed by atoms with E-state index in [-0.39, 0.29) is 24.7 Å². The summed E-state index contributed by atoms with van der Waals surface area (Å²) in [6.07, 6.45) is 2.80. The number of nitrogens with one attached hydrogen (secondary N) is 2. The molecule has 0 radical (unpaired) electrons. The predicted octanol–water partition coefficient (Wildman–Crippen LogP) is 2.53. The summed E-state index contributed by atoms with van der Waals surface area (Å²) in [6, 6.07) is 4.28. The summed E-state index contributed by atoms with van der Waals surface area (Å²) in [7, 11) is 0. The fourth-order valence-electron chi connectivity index (χ4n) is 3.30. The number of aryl methyl sites for hydroxylation is 1. The minimum Gasteiger partial charge on any atom is -0.454 e. The number of aromatic amines is 1. The van der Waals surface area contributed by atoms with Gasteiger partial charge in [-0.3, -0.25) is 4.79 Å². The van der Waals surface area contributed by atoms with Crippen molar-refractivity contribution < 1.29 is 14.3 Å². The lowest BCUT2D eigenvalue weighted by Gasteiger charge is -2.24. The van der Waals surface area contributed by atoms with Crippen LogP contribution >= 0.6 is 0 Å². The molecule has 1 aliphatic carbocycles. The molecule has 0 saturated heterocycles. The lowest BCUT2D eigenvalue weighted by atomic mass is 9.91. The Balaban J connectivity index is 1.66. The Morgan fingerprint density at radius 2 is 2.09 bits per heavy atom. The van der Waals surface area contributed by atoms with Gasteiger partial charge in [-0.1, -0.05) is 13.8 Å². The van der Waals surface area contributed by atoms with E-state index >= 15 is 0 Å². The van der Waals surface area contributed by atoms with Crippen LogP contribution in [-0.4, -0.2) is 23.7 Å². The molecule has 2 aromatic rings. The SMILES string of the molecule is CC(C)C(=O)NC1CCc2[nH]c3cc4c(cc3c2C1)OCO4. The molecule has 4 rings (SSSR count). The molecule has 1 amide bonds. The lowest BCUT2D eigenvalue weighted by Crippen LogP contribution is -2.40. The van der Waals surface area contributed by atoms with Gasteiger partial charge in [-0.2, -0.15) is 0 Å². The highest BCUT2D eigenvalue weighted by Gasteiger charge is 2.26. The van der Waals surface area contributed by atoms with Gasteiger partial charge < -0.3 is 19.8 Å². The van der Waals surface area contributed by atoms with Gasteiger partial charge in [-0.25, -0.2) is 0 Å². The van der Waals surface area contributed by atoms with Crippen molar-refractivity contribution in [3.8, 4) is 11.5 Å². The Labute approximate surface area is 129 Å². The third-order valence-corrected chi connectivity index (χ3v) is 4.55. The molecule has 1 aromatic carbocycles. The molecule has 1 aromatic heterocycles. The van der Waals surface area contributed by atoms with Crippen LogP contribution in [0.4, 0.5) is 0 Å². The van der Waals surface area contributed by atoms with E-state index in [1.807, 2.05) is 19.9 Å². The minimum absolute atomic E-state index is 0.0261. The zero-order valence-electron chi connectivity index (χ0n) is 12.9. The molecule has 2 heterocycles. The topological polar surface area (TPSA) is 63.4 Å². The third-order valence-electron chi connectivity index (χ3n) is 4.55. The van der Waals surface area contributed by atoms with Gasteiger partial charge in [0.25, 0.3) is 0 Å². The highest BCUT2D eigenvalue weighted by atomic mass is 16.7. The number of H-pyrrole nitrogens is 1. The normalized spacial score (nSPS) is 19.5. The molecular formula is C17H20N2O3. The highest BCUT2D eigenvalue weighted by molar-refractivity contribution is 5.88. The van der Waals surface area contributed by atoms with E-state index in [1.54, 1.807) is 0 Å². The molecule has 2 N–H and O–H groups in total. The Hall–Kier alpha value is -2.17. The van der Waals surface area contributed by atoms with Crippen molar-refractivity contribution in [1.82, 2.24) is 10.3 Å². The first-order valence-corrected chi connectivity index (χ1v) is 7.85. The number of carbonyl (C=O) groups is 1. The zero-order chi connectivity index (χ0) is 15.3. The van der Waals surface area contributed by atoms with Crippen molar-refractivity contribution in [3.05, 3.63) is 23.4 Å². The Kier molecular flexibility index (Phi) is 3.03. The summed E-state index contributed by atoms with van der Waals surface area (Å²) in [5.74, 6) is 1.77. The van der Waals surface area contributed by atoms with Crippen molar-refractivity contribution in [3.63, 3.8) is 0 Å². The van der Waals surface area contributed by atoms with Gasteiger partial charge in [0.15, 0.2) is 11.5 Å². The van der Waals surface area contributed by atoms with Crippen molar-refractivity contribution in [2.24, 2.45) is 5.92 Å². The molecule has 2 aliphatic rings. The molecular weight excluding hydrogens is 280 g/mol. The molecule has 0 fully saturated rings. The number of aromatic nitrogens is 1. The van der Waals surface area contributed by atoms with Gasteiger partial charge >= 0.3 is 0 Å². The Bertz CT molecular complexity index is 748. The van der Waals surface area contributed by atoms with Crippen LogP contribution < -0.4 is 14.8 Å². The monoisotopic (exact) mass is 300 g/mol. The molecule has 0 spiro atoms. The van der Waals surface area contributed by atoms with Gasteiger partial charge in [0.05, 0.1) is 0 Å². The van der Waals surface area contributed by atoms with Gasteiger partial charge in [-0.15, -0.1) is 0 Å². The van der Waals surface area contributed by atoms with Crippen LogP contribution in [0.5, 0.6) is 11.5 Å². The van der Waals surface area contributed by atoms with Crippen LogP contribution in [-0.2, 0) is 17.6 Å². The predicted molar refractivity (Wildman–Crippen MR) is 83.2 cm³/mol. The van der Waals surface area contributed by atoms with Gasteiger partial charge in [0.1, 0.15) is 0 Å². The Morgan fingerprint density at radius 3 is 2.86 bits per heavy atom. The fraction of sp³-hybridized carbons (Fsp3) is 0.471. The zero-order valence-corrected chi connectivity index (χ0v) is 12.9. The highest BCUT2D eigenvalue weighted by Crippen LogP contribution is 2.39. The summed E-state index contributed by atoms with van der Waals surface area (Å²) in [6.45, 7) is 4.14. The summed E-state index contributed by atoms with van der Waals surface area (Å²) < 4.78 is 10.9. The summed E-state index contributed by atoms with van der Waals surface area (Å²) in [4.78, 5) is 15.4. The lowest BCUT2D eigenvalue weighted by molar-refractivity contribution is -0.124. The Morgan fingerprint density at radius 1 is 1.32 bits per heavy atom. The summed E-state index contributed by atoms with van der Waals surface area (Å²) >= 11 is 0. The van der Waals surface area contributed by atoms with Crippen LogP contribution in [0.15, 0.2) is 12.1 Å². The molecule has 0 bridgehead atoms. The van der Waals surface area contributed by atoms with Gasteiger partial charge in [-0.05, 0) is 30.9 Å². The third kappa shape index (κ3) is 2.12. The van der Waals surface area contributed by atoms with E-state index in [4.69, 9.17) is 9.47 Å². The first-order valence-electron chi connectivity index (χ1n) is 7.85. The maximum absolute atomic E-state index is 11.9. The van der Waals surface area contributed by atoms with Crippen molar-refractivity contribution in [2.45, 2.75) is 39.2 Å². The molecule has 1 atom stereocenters. The number of fused-ring (bicyclic) bond motifs is 4. The van der Waals surface area contributed by atoms with Crippen LogP contribution in [0.2, 0.25) is 0 Å². The quantitative estimate of drug-likeness (QED) is 0.896. The second-order valence-corrected chi connectivity index (χ2v) is 6.44. The number of hydrogen-bond donors (Lipinski definition) is 2. The van der Waals surface area contributed by atoms with E-state index in [0.717, 1.165) is 36.3 Å². The van der Waals surface area contributed by atoms with E-state index in [0.29, 0.717) is 0 Å². The molecule has 5 nitrogen and oxygen atoms in total. The number of benzene rings is 1. The van der Waals surface area contributed by atoms with Gasteiger partial charge in [0, 0.05) is 34.6 Å². The molecule has 1 aliphatic heterocycles. The summed E-state index contributed by atoms with van der Waals surface area (Å²) in [5.41, 5.74) is 3.66. The second kappa shape index (κ2) is 4.93. The first kappa shape index (κ1) is 13.5. The van der Waals surface area contributed by atoms with Crippen molar-refractivity contribution >= 4 is 16.8 Å². The van der Waals surface area contributed by atoms with Crippen molar-refractivity contribution in [1.29, 1.82) is 0 Å². The maximum Gasteiger partial charge on any atom is 0.231 e. The average Bonchev–Trinajstić information content (AvgIpc) is 3.08. The van der Waals surface area contributed by atoms with E-state index in [9.17, 15) is 4.79 Å². The maximum atomic E-state index is 11.9. The number of hydrogen-bond acceptors (Lipinski definition) is 3. The van der Waals surface area contributed by atoms with E-state index < -0.39 is 0 Å². The number of amides is 1. The smallest absolute Gasteiger partial charge is 0.231 e.